The van der Waals surface area contributed by atoms with Crippen LogP contribution in [0, 0.1) is 5.82 Å². The molecule has 2 nitrogen and oxygen atoms in total. The minimum atomic E-state index is -0.820. The first-order chi connectivity index (χ1) is 10.1. The molecule has 1 atom stereocenters. The molecule has 3 rings (SSSR count). The molecule has 0 bridgehead atoms. The summed E-state index contributed by atoms with van der Waals surface area (Å²) in [5.74, 6) is 0.0184. The zero-order chi connectivity index (χ0) is 14.8. The van der Waals surface area contributed by atoms with Gasteiger partial charge in [-0.05, 0) is 35.9 Å². The number of thiophene rings is 1. The van der Waals surface area contributed by atoms with Crippen molar-refractivity contribution in [2.75, 3.05) is 0 Å². The van der Waals surface area contributed by atoms with Gasteiger partial charge < -0.3 is 9.84 Å². The normalized spacial score (nSPS) is 12.5. The average molecular weight is 302 g/mol. The molecule has 0 fully saturated rings. The maximum Gasteiger partial charge on any atom is 0.132 e. The second kappa shape index (κ2) is 5.84. The van der Waals surface area contributed by atoms with E-state index in [9.17, 15) is 9.50 Å². The molecule has 0 saturated heterocycles. The van der Waals surface area contributed by atoms with Crippen LogP contribution in [0.15, 0.2) is 47.8 Å². The molecule has 21 heavy (non-hydrogen) atoms. The summed E-state index contributed by atoms with van der Waals surface area (Å²) in [5.41, 5.74) is 1.37. The second-order valence-electron chi connectivity index (χ2n) is 4.91. The molecule has 0 radical (unpaired) electrons. The fourth-order valence-electron chi connectivity index (χ4n) is 2.24. The fourth-order valence-corrected chi connectivity index (χ4v) is 3.19. The van der Waals surface area contributed by atoms with Gasteiger partial charge in [-0.15, -0.1) is 11.3 Å². The van der Waals surface area contributed by atoms with Crippen LogP contribution in [0.3, 0.4) is 0 Å². The van der Waals surface area contributed by atoms with Crippen LogP contribution in [0.5, 0.6) is 5.75 Å². The van der Waals surface area contributed by atoms with Crippen molar-refractivity contribution in [1.29, 1.82) is 0 Å². The summed E-state index contributed by atoms with van der Waals surface area (Å²) in [6.07, 6.45) is -0.820. The van der Waals surface area contributed by atoms with E-state index in [2.05, 4.69) is 17.5 Å². The standard InChI is InChI=1S/C17H15FO2S/c1-11(19)14-7-6-13(8-16(14)18)20-9-12-10-21-17-5-3-2-4-15(12)17/h2-8,10-11,19H,9H2,1H3/t11-/m1/s1. The smallest absolute Gasteiger partial charge is 0.132 e. The molecule has 2 aromatic carbocycles. The van der Waals surface area contributed by atoms with Gasteiger partial charge in [0.25, 0.3) is 0 Å². The third kappa shape index (κ3) is 2.91. The third-order valence-electron chi connectivity index (χ3n) is 3.38. The number of fused-ring (bicyclic) bond motifs is 1. The average Bonchev–Trinajstić information content (AvgIpc) is 2.88. The van der Waals surface area contributed by atoms with Crippen molar-refractivity contribution < 1.29 is 14.2 Å². The third-order valence-corrected chi connectivity index (χ3v) is 4.39. The van der Waals surface area contributed by atoms with Crippen molar-refractivity contribution >= 4 is 21.4 Å². The van der Waals surface area contributed by atoms with Gasteiger partial charge in [0.2, 0.25) is 0 Å². The molecule has 1 aromatic heterocycles. The molecule has 1 heterocycles. The summed E-state index contributed by atoms with van der Waals surface area (Å²) in [4.78, 5) is 0. The Morgan fingerprint density at radius 3 is 2.81 bits per heavy atom. The van der Waals surface area contributed by atoms with E-state index in [4.69, 9.17) is 4.74 Å². The summed E-state index contributed by atoms with van der Waals surface area (Å²) >= 11 is 1.67. The second-order valence-corrected chi connectivity index (χ2v) is 5.82. The zero-order valence-electron chi connectivity index (χ0n) is 11.5. The van der Waals surface area contributed by atoms with Gasteiger partial charge in [0.05, 0.1) is 6.10 Å². The highest BCUT2D eigenvalue weighted by atomic mass is 32.1. The van der Waals surface area contributed by atoms with Gasteiger partial charge in [0.15, 0.2) is 0 Å². The molecule has 0 aliphatic heterocycles. The lowest BCUT2D eigenvalue weighted by Crippen LogP contribution is -1.99. The lowest BCUT2D eigenvalue weighted by Gasteiger charge is -2.09. The lowest BCUT2D eigenvalue weighted by atomic mass is 10.1. The first-order valence-electron chi connectivity index (χ1n) is 6.70. The first-order valence-corrected chi connectivity index (χ1v) is 7.58. The Morgan fingerprint density at radius 1 is 1.24 bits per heavy atom. The molecule has 4 heteroatoms. The predicted molar refractivity (Wildman–Crippen MR) is 83.2 cm³/mol. The minimum Gasteiger partial charge on any atom is -0.489 e. The van der Waals surface area contributed by atoms with E-state index in [1.165, 1.54) is 23.1 Å². The Hall–Kier alpha value is -1.91. The highest BCUT2D eigenvalue weighted by Crippen LogP contribution is 2.27. The Morgan fingerprint density at radius 2 is 2.05 bits per heavy atom. The van der Waals surface area contributed by atoms with E-state index in [0.29, 0.717) is 12.4 Å². The number of hydrogen-bond acceptors (Lipinski definition) is 3. The molecular weight excluding hydrogens is 287 g/mol. The molecule has 0 aliphatic rings. The SMILES string of the molecule is C[C@@H](O)c1ccc(OCc2csc3ccccc23)cc1F. The largest absolute Gasteiger partial charge is 0.489 e. The molecule has 0 amide bonds. The number of ether oxygens (including phenoxy) is 1. The molecular formula is C17H15FO2S. The maximum absolute atomic E-state index is 13.8. The van der Waals surface area contributed by atoms with Crippen LogP contribution in [-0.4, -0.2) is 5.11 Å². The first kappa shape index (κ1) is 14.0. The summed E-state index contributed by atoms with van der Waals surface area (Å²) in [6, 6.07) is 12.7. The van der Waals surface area contributed by atoms with Crippen LogP contribution < -0.4 is 4.74 Å². The zero-order valence-corrected chi connectivity index (χ0v) is 12.4. The van der Waals surface area contributed by atoms with Crippen LogP contribution in [0.4, 0.5) is 4.39 Å². The van der Waals surface area contributed by atoms with E-state index in [1.807, 2.05) is 12.1 Å². The van der Waals surface area contributed by atoms with Crippen LogP contribution in [0.2, 0.25) is 0 Å². The van der Waals surface area contributed by atoms with Crippen LogP contribution in [-0.2, 0) is 6.61 Å². The summed E-state index contributed by atoms with van der Waals surface area (Å²) < 4.78 is 20.7. The highest BCUT2D eigenvalue weighted by Gasteiger charge is 2.10. The number of aliphatic hydroxyl groups is 1. The van der Waals surface area contributed by atoms with Crippen molar-refractivity contribution in [3.05, 3.63) is 64.8 Å². The molecule has 0 aliphatic carbocycles. The number of benzene rings is 2. The lowest BCUT2D eigenvalue weighted by molar-refractivity contribution is 0.194. The van der Waals surface area contributed by atoms with Crippen LogP contribution in [0.25, 0.3) is 10.1 Å². The van der Waals surface area contributed by atoms with E-state index >= 15 is 0 Å². The van der Waals surface area contributed by atoms with Crippen molar-refractivity contribution in [2.45, 2.75) is 19.6 Å². The summed E-state index contributed by atoms with van der Waals surface area (Å²) in [7, 11) is 0. The number of rotatable bonds is 4. The quantitative estimate of drug-likeness (QED) is 0.758. The molecule has 3 aromatic rings. The van der Waals surface area contributed by atoms with Gasteiger partial charge >= 0.3 is 0 Å². The van der Waals surface area contributed by atoms with Gasteiger partial charge in [-0.3, -0.25) is 0 Å². The Balaban J connectivity index is 1.77. The molecule has 0 saturated carbocycles. The van der Waals surface area contributed by atoms with Crippen LogP contribution >= 0.6 is 11.3 Å². The van der Waals surface area contributed by atoms with Crippen molar-refractivity contribution in [3.63, 3.8) is 0 Å². The predicted octanol–water partition coefficient (Wildman–Crippen LogP) is 4.67. The summed E-state index contributed by atoms with van der Waals surface area (Å²) in [5, 5.41) is 12.6. The Bertz CT molecular complexity index is 764. The highest BCUT2D eigenvalue weighted by molar-refractivity contribution is 7.17. The van der Waals surface area contributed by atoms with Gasteiger partial charge in [-0.1, -0.05) is 18.2 Å². The topological polar surface area (TPSA) is 29.5 Å². The van der Waals surface area contributed by atoms with Gasteiger partial charge in [-0.2, -0.15) is 0 Å². The van der Waals surface area contributed by atoms with Crippen molar-refractivity contribution in [3.8, 4) is 5.75 Å². The van der Waals surface area contributed by atoms with Crippen LogP contribution in [0.1, 0.15) is 24.2 Å². The molecule has 1 N–H and O–H groups in total. The number of aliphatic hydroxyl groups excluding tert-OH is 1. The van der Waals surface area contributed by atoms with Gasteiger partial charge in [-0.25, -0.2) is 4.39 Å². The maximum atomic E-state index is 13.8. The van der Waals surface area contributed by atoms with Crippen molar-refractivity contribution in [1.82, 2.24) is 0 Å². The molecule has 108 valence electrons. The number of halogens is 1. The van der Waals surface area contributed by atoms with E-state index in [-0.39, 0.29) is 5.56 Å². The fraction of sp³-hybridized carbons (Fsp3) is 0.176. The molecule has 0 unspecified atom stereocenters. The van der Waals surface area contributed by atoms with E-state index in [1.54, 1.807) is 23.5 Å². The Labute approximate surface area is 126 Å². The Kier molecular flexibility index (Phi) is 3.90. The minimum absolute atomic E-state index is 0.281. The molecule has 0 spiro atoms. The number of hydrogen-bond donors (Lipinski definition) is 1. The monoisotopic (exact) mass is 302 g/mol. The van der Waals surface area contributed by atoms with E-state index < -0.39 is 11.9 Å². The van der Waals surface area contributed by atoms with Crippen molar-refractivity contribution in [2.24, 2.45) is 0 Å². The van der Waals surface area contributed by atoms with Gasteiger partial charge in [0, 0.05) is 21.9 Å². The summed E-state index contributed by atoms with van der Waals surface area (Å²) in [6.45, 7) is 1.94. The van der Waals surface area contributed by atoms with E-state index in [0.717, 1.165) is 5.56 Å². The van der Waals surface area contributed by atoms with Gasteiger partial charge in [0.1, 0.15) is 18.2 Å².